The van der Waals surface area contributed by atoms with E-state index in [1.165, 1.54) is 0 Å². The molecule has 0 fully saturated rings. The van der Waals surface area contributed by atoms with Crippen molar-refractivity contribution in [1.82, 2.24) is 0 Å². The van der Waals surface area contributed by atoms with Crippen molar-refractivity contribution in [2.45, 2.75) is 12.5 Å². The summed E-state index contributed by atoms with van der Waals surface area (Å²) in [7, 11) is 1.64. The highest BCUT2D eigenvalue weighted by Crippen LogP contribution is 2.32. The number of para-hydroxylation sites is 2. The molecule has 0 aromatic heterocycles. The summed E-state index contributed by atoms with van der Waals surface area (Å²) in [6.45, 7) is 0. The minimum Gasteiger partial charge on any atom is -0.493 e. The van der Waals surface area contributed by atoms with Crippen LogP contribution in [0.5, 0.6) is 11.5 Å². The van der Waals surface area contributed by atoms with Crippen LogP contribution < -0.4 is 9.47 Å². The molecule has 0 aliphatic heterocycles. The van der Waals surface area contributed by atoms with E-state index in [0.717, 1.165) is 23.5 Å². The maximum Gasteiger partial charge on any atom is 0.162 e. The maximum absolute atomic E-state index is 6.05. The summed E-state index contributed by atoms with van der Waals surface area (Å²) < 4.78 is 11.4. The third-order valence-electron chi connectivity index (χ3n) is 2.88. The summed E-state index contributed by atoms with van der Waals surface area (Å²) in [6.07, 6.45) is 0.693. The molecule has 0 bridgehead atoms. The minimum absolute atomic E-state index is 0.0602. The topological polar surface area (TPSA) is 18.5 Å². The van der Waals surface area contributed by atoms with Gasteiger partial charge in [-0.05, 0) is 17.7 Å². The van der Waals surface area contributed by atoms with Gasteiger partial charge in [-0.15, -0.1) is 11.6 Å². The largest absolute Gasteiger partial charge is 0.493 e. The molecule has 0 saturated heterocycles. The van der Waals surface area contributed by atoms with Crippen LogP contribution in [0.4, 0.5) is 0 Å². The van der Waals surface area contributed by atoms with Gasteiger partial charge in [0.05, 0.1) is 7.11 Å². The zero-order valence-corrected chi connectivity index (χ0v) is 11.6. The summed E-state index contributed by atoms with van der Waals surface area (Å²) in [6, 6.07) is 17.7. The molecule has 1 atom stereocenters. The van der Waals surface area contributed by atoms with Crippen LogP contribution in [-0.4, -0.2) is 13.0 Å². The van der Waals surface area contributed by atoms with E-state index in [0.29, 0.717) is 5.88 Å². The van der Waals surface area contributed by atoms with Crippen LogP contribution in [0, 0.1) is 0 Å². The summed E-state index contributed by atoms with van der Waals surface area (Å²) in [5.41, 5.74) is 1.12. The van der Waals surface area contributed by atoms with E-state index in [4.69, 9.17) is 21.1 Å². The van der Waals surface area contributed by atoms with Crippen molar-refractivity contribution in [1.29, 1.82) is 0 Å². The van der Waals surface area contributed by atoms with E-state index in [2.05, 4.69) is 0 Å². The molecule has 0 unspecified atom stereocenters. The van der Waals surface area contributed by atoms with E-state index in [-0.39, 0.29) is 6.10 Å². The van der Waals surface area contributed by atoms with Crippen LogP contribution >= 0.6 is 11.6 Å². The van der Waals surface area contributed by atoms with Crippen LogP contribution in [0.3, 0.4) is 0 Å². The number of hydrogen-bond acceptors (Lipinski definition) is 2. The third-order valence-corrected chi connectivity index (χ3v) is 3.10. The quantitative estimate of drug-likeness (QED) is 0.726. The molecule has 0 amide bonds. The third kappa shape index (κ3) is 3.65. The molecule has 100 valence electrons. The van der Waals surface area contributed by atoms with Gasteiger partial charge in [-0.1, -0.05) is 42.5 Å². The van der Waals surface area contributed by atoms with Crippen molar-refractivity contribution in [3.05, 3.63) is 60.2 Å². The van der Waals surface area contributed by atoms with Crippen molar-refractivity contribution >= 4 is 11.6 Å². The molecule has 2 aromatic carbocycles. The predicted octanol–water partition coefficient (Wildman–Crippen LogP) is 4.44. The van der Waals surface area contributed by atoms with Crippen molar-refractivity contribution in [2.24, 2.45) is 0 Å². The Kier molecular flexibility index (Phi) is 5.10. The van der Waals surface area contributed by atoms with Gasteiger partial charge in [0.1, 0.15) is 6.10 Å². The van der Waals surface area contributed by atoms with Crippen LogP contribution in [0.25, 0.3) is 0 Å². The molecule has 19 heavy (non-hydrogen) atoms. The number of halogens is 1. The number of alkyl halides is 1. The molecule has 0 heterocycles. The smallest absolute Gasteiger partial charge is 0.162 e. The SMILES string of the molecule is COc1ccccc1O[C@H](CCCl)c1ccccc1. The first kappa shape index (κ1) is 13.8. The average Bonchev–Trinajstić information content (AvgIpc) is 2.48. The molecule has 3 heteroatoms. The number of methoxy groups -OCH3 is 1. The Hall–Kier alpha value is -1.67. The van der Waals surface area contributed by atoms with Gasteiger partial charge in [-0.25, -0.2) is 0 Å². The van der Waals surface area contributed by atoms with Gasteiger partial charge in [-0.3, -0.25) is 0 Å². The Bertz CT molecular complexity index is 499. The van der Waals surface area contributed by atoms with Gasteiger partial charge in [0, 0.05) is 12.3 Å². The van der Waals surface area contributed by atoms with E-state index in [1.54, 1.807) is 7.11 Å². The number of ether oxygens (including phenoxy) is 2. The van der Waals surface area contributed by atoms with Crippen LogP contribution in [0.2, 0.25) is 0 Å². The van der Waals surface area contributed by atoms with Crippen molar-refractivity contribution in [2.75, 3.05) is 13.0 Å². The number of hydrogen-bond donors (Lipinski definition) is 0. The molecule has 0 aliphatic carbocycles. The van der Waals surface area contributed by atoms with Crippen LogP contribution in [-0.2, 0) is 0 Å². The molecule has 0 saturated carbocycles. The number of benzene rings is 2. The molecule has 0 aliphatic rings. The second-order valence-corrected chi connectivity index (χ2v) is 4.52. The Balaban J connectivity index is 2.21. The fourth-order valence-corrected chi connectivity index (χ4v) is 2.13. The zero-order chi connectivity index (χ0) is 13.5. The lowest BCUT2D eigenvalue weighted by Crippen LogP contribution is -2.09. The molecular formula is C16H17ClO2. The average molecular weight is 277 g/mol. The first-order chi connectivity index (χ1) is 9.35. The van der Waals surface area contributed by atoms with Gasteiger partial charge < -0.3 is 9.47 Å². The van der Waals surface area contributed by atoms with Crippen molar-refractivity contribution < 1.29 is 9.47 Å². The molecule has 2 nitrogen and oxygen atoms in total. The molecule has 0 N–H and O–H groups in total. The molecule has 2 aromatic rings. The second kappa shape index (κ2) is 7.05. The van der Waals surface area contributed by atoms with Gasteiger partial charge in [-0.2, -0.15) is 0 Å². The Labute approximate surface area is 118 Å². The Morgan fingerprint density at radius 1 is 0.947 bits per heavy atom. The summed E-state index contributed by atoms with van der Waals surface area (Å²) in [5, 5.41) is 0. The standard InChI is InChI=1S/C16H17ClO2/c1-18-15-9-5-6-10-16(15)19-14(11-12-17)13-7-3-2-4-8-13/h2-10,14H,11-12H2,1H3/t14-/m1/s1. The first-order valence-corrected chi connectivity index (χ1v) is 6.79. The summed E-state index contributed by atoms with van der Waals surface area (Å²) in [4.78, 5) is 0. The lowest BCUT2D eigenvalue weighted by atomic mass is 10.1. The minimum atomic E-state index is -0.0602. The van der Waals surface area contributed by atoms with E-state index < -0.39 is 0 Å². The summed E-state index contributed by atoms with van der Waals surface area (Å²) >= 11 is 5.87. The molecular weight excluding hydrogens is 260 g/mol. The Morgan fingerprint density at radius 2 is 1.58 bits per heavy atom. The number of rotatable bonds is 6. The van der Waals surface area contributed by atoms with E-state index >= 15 is 0 Å². The fourth-order valence-electron chi connectivity index (χ4n) is 1.93. The fraction of sp³-hybridized carbons (Fsp3) is 0.250. The van der Waals surface area contributed by atoms with E-state index in [1.807, 2.05) is 54.6 Å². The van der Waals surface area contributed by atoms with Gasteiger partial charge in [0.2, 0.25) is 0 Å². The summed E-state index contributed by atoms with van der Waals surface area (Å²) in [5.74, 6) is 2.02. The highest BCUT2D eigenvalue weighted by molar-refractivity contribution is 6.17. The van der Waals surface area contributed by atoms with Crippen molar-refractivity contribution in [3.8, 4) is 11.5 Å². The highest BCUT2D eigenvalue weighted by Gasteiger charge is 2.14. The van der Waals surface area contributed by atoms with Crippen molar-refractivity contribution in [3.63, 3.8) is 0 Å². The Morgan fingerprint density at radius 3 is 2.21 bits per heavy atom. The molecule has 0 radical (unpaired) electrons. The van der Waals surface area contributed by atoms with Gasteiger partial charge in [0.15, 0.2) is 11.5 Å². The van der Waals surface area contributed by atoms with Gasteiger partial charge in [0.25, 0.3) is 0 Å². The van der Waals surface area contributed by atoms with E-state index in [9.17, 15) is 0 Å². The zero-order valence-electron chi connectivity index (χ0n) is 10.9. The van der Waals surface area contributed by atoms with Crippen LogP contribution in [0.15, 0.2) is 54.6 Å². The monoisotopic (exact) mass is 276 g/mol. The normalized spacial score (nSPS) is 11.9. The molecule has 0 spiro atoms. The second-order valence-electron chi connectivity index (χ2n) is 4.15. The predicted molar refractivity (Wildman–Crippen MR) is 78.1 cm³/mol. The highest BCUT2D eigenvalue weighted by atomic mass is 35.5. The first-order valence-electron chi connectivity index (χ1n) is 6.25. The maximum atomic E-state index is 6.05. The van der Waals surface area contributed by atoms with Crippen LogP contribution in [0.1, 0.15) is 18.1 Å². The van der Waals surface area contributed by atoms with Gasteiger partial charge >= 0.3 is 0 Å². The molecule has 2 rings (SSSR count). The lowest BCUT2D eigenvalue weighted by Gasteiger charge is -2.20. The lowest BCUT2D eigenvalue weighted by molar-refractivity contribution is 0.193.